The lowest BCUT2D eigenvalue weighted by molar-refractivity contribution is 0.219. The molecule has 5 nitrogen and oxygen atoms in total. The SMILES string of the molecule is CC(C)C(CCO)NC(=O)NCCc1cccnc1. The Labute approximate surface area is 114 Å². The minimum Gasteiger partial charge on any atom is -0.396 e. The highest BCUT2D eigenvalue weighted by Gasteiger charge is 2.14. The quantitative estimate of drug-likeness (QED) is 0.696. The molecule has 1 heterocycles. The van der Waals surface area contributed by atoms with Crippen molar-refractivity contribution in [3.05, 3.63) is 30.1 Å². The van der Waals surface area contributed by atoms with Gasteiger partial charge in [0.05, 0.1) is 0 Å². The first kappa shape index (κ1) is 15.4. The van der Waals surface area contributed by atoms with E-state index < -0.39 is 0 Å². The molecule has 0 aromatic carbocycles. The van der Waals surface area contributed by atoms with Crippen LogP contribution in [0.3, 0.4) is 0 Å². The molecule has 0 aliphatic heterocycles. The van der Waals surface area contributed by atoms with Crippen LogP contribution in [0.25, 0.3) is 0 Å². The van der Waals surface area contributed by atoms with Crippen LogP contribution in [0.1, 0.15) is 25.8 Å². The predicted octanol–water partition coefficient (Wildman–Crippen LogP) is 1.33. The van der Waals surface area contributed by atoms with Crippen LogP contribution in [0.4, 0.5) is 4.79 Å². The van der Waals surface area contributed by atoms with Gasteiger partial charge in [0, 0.05) is 31.6 Å². The Morgan fingerprint density at radius 1 is 1.47 bits per heavy atom. The molecule has 2 amide bonds. The Balaban J connectivity index is 2.27. The summed E-state index contributed by atoms with van der Waals surface area (Å²) >= 11 is 0. The molecular weight excluding hydrogens is 242 g/mol. The van der Waals surface area contributed by atoms with Crippen molar-refractivity contribution in [3.8, 4) is 0 Å². The Bertz CT molecular complexity index is 368. The van der Waals surface area contributed by atoms with Gasteiger partial charge >= 0.3 is 6.03 Å². The Morgan fingerprint density at radius 2 is 2.26 bits per heavy atom. The monoisotopic (exact) mass is 265 g/mol. The van der Waals surface area contributed by atoms with Gasteiger partial charge in [-0.15, -0.1) is 0 Å². The largest absolute Gasteiger partial charge is 0.396 e. The number of urea groups is 1. The van der Waals surface area contributed by atoms with Crippen LogP contribution >= 0.6 is 0 Å². The number of rotatable bonds is 7. The average molecular weight is 265 g/mol. The molecule has 1 rings (SSSR count). The summed E-state index contributed by atoms with van der Waals surface area (Å²) in [6.07, 6.45) is 4.86. The number of amides is 2. The van der Waals surface area contributed by atoms with Crippen molar-refractivity contribution < 1.29 is 9.90 Å². The number of nitrogens with zero attached hydrogens (tertiary/aromatic N) is 1. The molecule has 0 radical (unpaired) electrons. The zero-order valence-corrected chi connectivity index (χ0v) is 11.6. The molecule has 3 N–H and O–H groups in total. The summed E-state index contributed by atoms with van der Waals surface area (Å²) in [6.45, 7) is 4.70. The van der Waals surface area contributed by atoms with E-state index in [9.17, 15) is 4.79 Å². The molecule has 0 fully saturated rings. The number of hydrogen-bond acceptors (Lipinski definition) is 3. The van der Waals surface area contributed by atoms with E-state index in [1.807, 2.05) is 26.0 Å². The molecule has 1 aromatic heterocycles. The molecule has 0 bridgehead atoms. The zero-order chi connectivity index (χ0) is 14.1. The molecular formula is C14H23N3O2. The Hall–Kier alpha value is -1.62. The summed E-state index contributed by atoms with van der Waals surface area (Å²) in [4.78, 5) is 15.7. The number of carbonyl (C=O) groups is 1. The number of nitrogens with one attached hydrogen (secondary N) is 2. The maximum Gasteiger partial charge on any atom is 0.315 e. The van der Waals surface area contributed by atoms with Crippen molar-refractivity contribution in [2.45, 2.75) is 32.7 Å². The molecule has 0 aliphatic rings. The van der Waals surface area contributed by atoms with Gasteiger partial charge in [-0.25, -0.2) is 4.79 Å². The maximum atomic E-state index is 11.7. The van der Waals surface area contributed by atoms with E-state index in [2.05, 4.69) is 15.6 Å². The summed E-state index contributed by atoms with van der Waals surface area (Å²) in [5, 5.41) is 14.6. The molecule has 0 saturated heterocycles. The second kappa shape index (κ2) is 8.48. The van der Waals surface area contributed by atoms with E-state index in [-0.39, 0.29) is 18.7 Å². The molecule has 5 heteroatoms. The topological polar surface area (TPSA) is 74.2 Å². The standard InChI is InChI=1S/C14H23N3O2/c1-11(2)13(6-9-18)17-14(19)16-8-5-12-4-3-7-15-10-12/h3-4,7,10-11,13,18H,5-6,8-9H2,1-2H3,(H2,16,17,19). The van der Waals surface area contributed by atoms with Gasteiger partial charge in [0.25, 0.3) is 0 Å². The second-order valence-electron chi connectivity index (χ2n) is 4.87. The molecule has 0 aliphatic carbocycles. The minimum absolute atomic E-state index is 0.00314. The molecule has 1 atom stereocenters. The van der Waals surface area contributed by atoms with Crippen LogP contribution in [-0.4, -0.2) is 35.3 Å². The third-order valence-corrected chi connectivity index (χ3v) is 2.98. The average Bonchev–Trinajstić information content (AvgIpc) is 2.39. The van der Waals surface area contributed by atoms with E-state index >= 15 is 0 Å². The molecule has 19 heavy (non-hydrogen) atoms. The lowest BCUT2D eigenvalue weighted by Crippen LogP contribution is -2.45. The summed E-state index contributed by atoms with van der Waals surface area (Å²) in [7, 11) is 0. The summed E-state index contributed by atoms with van der Waals surface area (Å²) in [6, 6.07) is 3.68. The van der Waals surface area contributed by atoms with Crippen LogP contribution in [0.5, 0.6) is 0 Å². The molecule has 1 aromatic rings. The third kappa shape index (κ3) is 6.20. The number of carbonyl (C=O) groups excluding carboxylic acids is 1. The number of aliphatic hydroxyl groups excluding tert-OH is 1. The van der Waals surface area contributed by atoms with Crippen molar-refractivity contribution in [1.82, 2.24) is 15.6 Å². The van der Waals surface area contributed by atoms with Crippen LogP contribution in [0, 0.1) is 5.92 Å². The Kier molecular flexibility index (Phi) is 6.89. The highest BCUT2D eigenvalue weighted by atomic mass is 16.3. The fraction of sp³-hybridized carbons (Fsp3) is 0.571. The van der Waals surface area contributed by atoms with Gasteiger partial charge in [-0.3, -0.25) is 4.98 Å². The summed E-state index contributed by atoms with van der Waals surface area (Å²) < 4.78 is 0. The lowest BCUT2D eigenvalue weighted by atomic mass is 10.0. The van der Waals surface area contributed by atoms with Gasteiger partial charge in [0.1, 0.15) is 0 Å². The van der Waals surface area contributed by atoms with Gasteiger partial charge in [0.15, 0.2) is 0 Å². The highest BCUT2D eigenvalue weighted by molar-refractivity contribution is 5.74. The molecule has 1 unspecified atom stereocenters. The number of aromatic nitrogens is 1. The van der Waals surface area contributed by atoms with Gasteiger partial charge in [-0.2, -0.15) is 0 Å². The van der Waals surface area contributed by atoms with E-state index in [4.69, 9.17) is 5.11 Å². The Morgan fingerprint density at radius 3 is 2.84 bits per heavy atom. The van der Waals surface area contributed by atoms with Crippen molar-refractivity contribution in [2.75, 3.05) is 13.2 Å². The first-order chi connectivity index (χ1) is 9.13. The van der Waals surface area contributed by atoms with Gasteiger partial charge < -0.3 is 15.7 Å². The summed E-state index contributed by atoms with van der Waals surface area (Å²) in [5.41, 5.74) is 1.10. The fourth-order valence-electron chi connectivity index (χ4n) is 1.80. The summed E-state index contributed by atoms with van der Waals surface area (Å²) in [5.74, 6) is 0.302. The number of hydrogen-bond donors (Lipinski definition) is 3. The van der Waals surface area contributed by atoms with Gasteiger partial charge in [-0.1, -0.05) is 19.9 Å². The first-order valence-corrected chi connectivity index (χ1v) is 6.67. The van der Waals surface area contributed by atoms with Gasteiger partial charge in [0.2, 0.25) is 0 Å². The van der Waals surface area contributed by atoms with Crippen molar-refractivity contribution in [3.63, 3.8) is 0 Å². The first-order valence-electron chi connectivity index (χ1n) is 6.67. The van der Waals surface area contributed by atoms with Crippen LogP contribution in [0.2, 0.25) is 0 Å². The van der Waals surface area contributed by atoms with E-state index in [0.29, 0.717) is 18.9 Å². The smallest absolute Gasteiger partial charge is 0.315 e. The molecule has 0 saturated carbocycles. The molecule has 0 spiro atoms. The van der Waals surface area contributed by atoms with Crippen molar-refractivity contribution >= 4 is 6.03 Å². The van der Waals surface area contributed by atoms with Crippen LogP contribution in [-0.2, 0) is 6.42 Å². The van der Waals surface area contributed by atoms with E-state index in [1.165, 1.54) is 0 Å². The third-order valence-electron chi connectivity index (χ3n) is 2.98. The zero-order valence-electron chi connectivity index (χ0n) is 11.6. The van der Waals surface area contributed by atoms with Crippen LogP contribution < -0.4 is 10.6 Å². The minimum atomic E-state index is -0.184. The second-order valence-corrected chi connectivity index (χ2v) is 4.87. The predicted molar refractivity (Wildman–Crippen MR) is 74.8 cm³/mol. The number of aliphatic hydroxyl groups is 1. The van der Waals surface area contributed by atoms with Crippen molar-refractivity contribution in [1.29, 1.82) is 0 Å². The normalized spacial score (nSPS) is 12.2. The van der Waals surface area contributed by atoms with Crippen molar-refractivity contribution in [2.24, 2.45) is 5.92 Å². The lowest BCUT2D eigenvalue weighted by Gasteiger charge is -2.21. The van der Waals surface area contributed by atoms with E-state index in [0.717, 1.165) is 12.0 Å². The fourth-order valence-corrected chi connectivity index (χ4v) is 1.80. The number of pyridine rings is 1. The maximum absolute atomic E-state index is 11.7. The molecule has 106 valence electrons. The van der Waals surface area contributed by atoms with Gasteiger partial charge in [-0.05, 0) is 30.4 Å². The van der Waals surface area contributed by atoms with Crippen LogP contribution in [0.15, 0.2) is 24.5 Å². The van der Waals surface area contributed by atoms with E-state index in [1.54, 1.807) is 12.4 Å². The highest BCUT2D eigenvalue weighted by Crippen LogP contribution is 2.05.